The normalized spacial score (nSPS) is 18.3. The van der Waals surface area contributed by atoms with Gasteiger partial charge in [0.15, 0.2) is 18.1 Å². The minimum atomic E-state index is -0.532. The molecule has 44 heavy (non-hydrogen) atoms. The molecule has 11 nitrogen and oxygen atoms in total. The van der Waals surface area contributed by atoms with Gasteiger partial charge in [-0.25, -0.2) is 0 Å². The summed E-state index contributed by atoms with van der Waals surface area (Å²) in [5, 5.41) is 16.4. The standard InChI is InChI=1S/C33H31N5O6/c1-20-25(14-34)24-5-3-4-6-27(24)38(20)18-32(40)37-16-26-30(17-37)44-23-10-7-21(8-11-23)15-35-31(39)19-43-29-13-22(33(41)36-26)9-12-28(29)42-2/h3-13,26,30H,15-19H2,1-2H3,(H,35,39)(H,36,41)/t26-,30-/m0/s1. The number of hydrogen-bond donors (Lipinski definition) is 2. The lowest BCUT2D eigenvalue weighted by molar-refractivity contribution is -0.131. The Morgan fingerprint density at radius 3 is 2.66 bits per heavy atom. The molecule has 4 heterocycles. The Morgan fingerprint density at radius 2 is 1.89 bits per heavy atom. The van der Waals surface area contributed by atoms with Crippen LogP contribution < -0.4 is 24.8 Å². The maximum absolute atomic E-state index is 13.7. The quantitative estimate of drug-likeness (QED) is 0.373. The molecule has 224 valence electrons. The van der Waals surface area contributed by atoms with Gasteiger partial charge < -0.3 is 34.3 Å². The Kier molecular flexibility index (Phi) is 7.81. The highest BCUT2D eigenvalue weighted by atomic mass is 16.5. The third-order valence-electron chi connectivity index (χ3n) is 8.06. The molecule has 3 aliphatic rings. The van der Waals surface area contributed by atoms with Gasteiger partial charge in [-0.15, -0.1) is 0 Å². The number of hydrogen-bond acceptors (Lipinski definition) is 7. The topological polar surface area (TPSA) is 135 Å². The van der Waals surface area contributed by atoms with Gasteiger partial charge >= 0.3 is 0 Å². The summed E-state index contributed by atoms with van der Waals surface area (Å²) in [6.07, 6.45) is -0.532. The van der Waals surface area contributed by atoms with Gasteiger partial charge in [0, 0.05) is 29.7 Å². The van der Waals surface area contributed by atoms with Crippen LogP contribution in [0.4, 0.5) is 0 Å². The summed E-state index contributed by atoms with van der Waals surface area (Å²) in [7, 11) is 1.48. The highest BCUT2D eigenvalue weighted by Crippen LogP contribution is 2.29. The predicted molar refractivity (Wildman–Crippen MR) is 160 cm³/mol. The van der Waals surface area contributed by atoms with Gasteiger partial charge in [0.1, 0.15) is 24.5 Å². The van der Waals surface area contributed by atoms with Gasteiger partial charge in [0.05, 0.1) is 30.8 Å². The van der Waals surface area contributed by atoms with Crippen LogP contribution >= 0.6 is 0 Å². The molecule has 4 aromatic rings. The van der Waals surface area contributed by atoms with E-state index >= 15 is 0 Å². The van der Waals surface area contributed by atoms with E-state index in [4.69, 9.17) is 14.2 Å². The van der Waals surface area contributed by atoms with E-state index in [1.807, 2.05) is 47.9 Å². The number of nitrogens with zero attached hydrogens (tertiary/aromatic N) is 3. The van der Waals surface area contributed by atoms with Crippen LogP contribution in [0.25, 0.3) is 10.9 Å². The summed E-state index contributed by atoms with van der Waals surface area (Å²) in [6, 6.07) is 21.3. The van der Waals surface area contributed by atoms with Crippen molar-refractivity contribution in [2.75, 3.05) is 26.8 Å². The zero-order valence-corrected chi connectivity index (χ0v) is 24.3. The van der Waals surface area contributed by atoms with Gasteiger partial charge in [-0.3, -0.25) is 14.4 Å². The van der Waals surface area contributed by atoms with Crippen molar-refractivity contribution in [1.82, 2.24) is 20.1 Å². The second kappa shape index (κ2) is 12.0. The highest BCUT2D eigenvalue weighted by molar-refractivity contribution is 5.95. The van der Waals surface area contributed by atoms with Crippen molar-refractivity contribution in [2.24, 2.45) is 0 Å². The molecule has 0 aliphatic carbocycles. The van der Waals surface area contributed by atoms with Crippen LogP contribution in [0.15, 0.2) is 66.7 Å². The summed E-state index contributed by atoms with van der Waals surface area (Å²) in [4.78, 5) is 41.3. The minimum absolute atomic E-state index is 0.0427. The Bertz CT molecular complexity index is 1790. The van der Waals surface area contributed by atoms with E-state index in [0.29, 0.717) is 29.2 Å². The van der Waals surface area contributed by atoms with Gasteiger partial charge in [-0.05, 0) is 48.9 Å². The number of carbonyl (C=O) groups excluding carboxylic acids is 3. The molecular formula is C33H31N5O6. The van der Waals surface area contributed by atoms with Crippen molar-refractivity contribution in [3.63, 3.8) is 0 Å². The number of amides is 3. The third-order valence-corrected chi connectivity index (χ3v) is 8.06. The molecule has 0 unspecified atom stereocenters. The van der Waals surface area contributed by atoms with Crippen LogP contribution in [0.1, 0.15) is 27.2 Å². The third kappa shape index (κ3) is 5.62. The Morgan fingerprint density at radius 1 is 1.09 bits per heavy atom. The lowest BCUT2D eigenvalue weighted by Gasteiger charge is -2.21. The minimum Gasteiger partial charge on any atom is -0.493 e. The summed E-state index contributed by atoms with van der Waals surface area (Å²) >= 11 is 0. The molecule has 11 heteroatoms. The van der Waals surface area contributed by atoms with Crippen LogP contribution in [0.5, 0.6) is 17.2 Å². The summed E-state index contributed by atoms with van der Waals surface area (Å²) in [6.45, 7) is 2.41. The molecule has 0 saturated carbocycles. The fourth-order valence-electron chi connectivity index (χ4n) is 5.68. The number of rotatable bonds is 3. The number of nitrogens with one attached hydrogen (secondary N) is 2. The monoisotopic (exact) mass is 593 g/mol. The molecule has 2 N–H and O–H groups in total. The molecule has 1 saturated heterocycles. The molecule has 7 rings (SSSR count). The van der Waals surface area contributed by atoms with E-state index in [9.17, 15) is 19.6 Å². The van der Waals surface area contributed by atoms with Crippen LogP contribution in [-0.2, 0) is 22.7 Å². The first-order valence-corrected chi connectivity index (χ1v) is 14.2. The Labute approximate surface area is 253 Å². The number of methoxy groups -OCH3 is 1. The van der Waals surface area contributed by atoms with E-state index in [1.54, 1.807) is 29.2 Å². The summed E-state index contributed by atoms with van der Waals surface area (Å²) in [5.41, 5.74) is 3.26. The number of likely N-dealkylation sites (tertiary alicyclic amines) is 1. The van der Waals surface area contributed by atoms with E-state index < -0.39 is 12.1 Å². The molecule has 0 radical (unpaired) electrons. The number of benzene rings is 3. The van der Waals surface area contributed by atoms with Crippen LogP contribution in [0.2, 0.25) is 0 Å². The van der Waals surface area contributed by atoms with Crippen LogP contribution in [0.3, 0.4) is 0 Å². The molecule has 4 bridgehead atoms. The summed E-state index contributed by atoms with van der Waals surface area (Å²) in [5.74, 6) is 0.346. The Hall–Kier alpha value is -5.50. The second-order valence-electron chi connectivity index (χ2n) is 10.8. The van der Waals surface area contributed by atoms with Gasteiger partial charge in [0.25, 0.3) is 11.8 Å². The lowest BCUT2D eigenvalue weighted by atomic mass is 10.1. The molecule has 2 atom stereocenters. The Balaban J connectivity index is 1.28. The van der Waals surface area contributed by atoms with Crippen LogP contribution in [0, 0.1) is 18.3 Å². The lowest BCUT2D eigenvalue weighted by Crippen LogP contribution is -2.45. The van der Waals surface area contributed by atoms with Crippen molar-refractivity contribution in [1.29, 1.82) is 5.26 Å². The van der Waals surface area contributed by atoms with Gasteiger partial charge in [-0.1, -0.05) is 30.3 Å². The molecule has 0 spiro atoms. The van der Waals surface area contributed by atoms with Crippen molar-refractivity contribution >= 4 is 28.6 Å². The average molecular weight is 594 g/mol. The largest absolute Gasteiger partial charge is 0.493 e. The number of aromatic nitrogens is 1. The maximum atomic E-state index is 13.7. The maximum Gasteiger partial charge on any atom is 0.258 e. The molecule has 3 aliphatic heterocycles. The van der Waals surface area contributed by atoms with Crippen molar-refractivity contribution < 1.29 is 28.6 Å². The predicted octanol–water partition coefficient (Wildman–Crippen LogP) is 2.93. The number of nitriles is 1. The van der Waals surface area contributed by atoms with Crippen molar-refractivity contribution in [3.8, 4) is 23.3 Å². The first-order valence-electron chi connectivity index (χ1n) is 14.2. The zero-order chi connectivity index (χ0) is 30.8. The van der Waals surface area contributed by atoms with Crippen molar-refractivity contribution in [2.45, 2.75) is 32.2 Å². The van der Waals surface area contributed by atoms with Gasteiger partial charge in [0.2, 0.25) is 5.91 Å². The van der Waals surface area contributed by atoms with Gasteiger partial charge in [-0.2, -0.15) is 5.26 Å². The molecule has 3 aromatic carbocycles. The first-order chi connectivity index (χ1) is 21.3. The highest BCUT2D eigenvalue weighted by Gasteiger charge is 2.38. The molecule has 3 amide bonds. The summed E-state index contributed by atoms with van der Waals surface area (Å²) < 4.78 is 19.3. The fourth-order valence-corrected chi connectivity index (χ4v) is 5.68. The number of fused-ring (bicyclic) bond motifs is 8. The fraction of sp³-hybridized carbons (Fsp3) is 0.273. The second-order valence-corrected chi connectivity index (χ2v) is 10.8. The van der Waals surface area contributed by atoms with E-state index in [2.05, 4.69) is 16.7 Å². The zero-order valence-electron chi connectivity index (χ0n) is 24.3. The number of carbonyl (C=O) groups is 3. The van der Waals surface area contributed by atoms with Crippen LogP contribution in [-0.4, -0.2) is 66.1 Å². The molecular weight excluding hydrogens is 562 g/mol. The van der Waals surface area contributed by atoms with E-state index in [0.717, 1.165) is 22.2 Å². The SMILES string of the molecule is COc1ccc2cc1OCC(=O)NCc1ccc(cc1)O[C@H]1CN(C(=O)Cn3c(C)c(C#N)c4ccccc43)C[C@@H]1NC2=O. The average Bonchev–Trinajstić information content (AvgIpc) is 3.55. The first kappa shape index (κ1) is 28.6. The molecule has 1 aromatic heterocycles. The molecule has 1 fully saturated rings. The number of para-hydroxylation sites is 1. The van der Waals surface area contributed by atoms with E-state index in [1.165, 1.54) is 13.2 Å². The van der Waals surface area contributed by atoms with Crippen molar-refractivity contribution in [3.05, 3.63) is 89.1 Å². The number of ether oxygens (including phenoxy) is 3. The smallest absolute Gasteiger partial charge is 0.258 e. The van der Waals surface area contributed by atoms with E-state index in [-0.39, 0.29) is 49.7 Å².